The van der Waals surface area contributed by atoms with Gasteiger partial charge in [-0.05, 0) is 17.0 Å². The number of carbonyl (C=O) groups is 2. The number of rotatable bonds is 0. The molecule has 2 bridgehead atoms. The van der Waals surface area contributed by atoms with Gasteiger partial charge in [-0.3, -0.25) is 10.0 Å². The molecule has 4 rings (SSSR count). The van der Waals surface area contributed by atoms with Crippen LogP contribution in [0.1, 0.15) is 16.5 Å². The Hall–Kier alpha value is -2.12. The molecule has 1 aromatic carbocycles. The predicted molar refractivity (Wildman–Crippen MR) is 74.2 cm³/mol. The number of hydrogen-bond donors (Lipinski definition) is 2. The van der Waals surface area contributed by atoms with Gasteiger partial charge in [0.2, 0.25) is 6.41 Å². The minimum absolute atomic E-state index is 0.177. The van der Waals surface area contributed by atoms with Crippen LogP contribution >= 0.6 is 11.3 Å². The van der Waals surface area contributed by atoms with Gasteiger partial charge in [0.1, 0.15) is 6.04 Å². The summed E-state index contributed by atoms with van der Waals surface area (Å²) in [5, 5.41) is 11.9. The summed E-state index contributed by atoms with van der Waals surface area (Å²) in [6.07, 6.45) is 0.250. The standard InChI is InChI=1S/C12H10N2O2S.CH3NO/c15-12-13-5-8-7-3-1-2-4-10(7)17-11(8)9(6-13)14(12)16;2-1-3/h1-4,9,16H,5-6H2;1H,(H2,2,3)/t9-;/m0./s1. The Morgan fingerprint density at radius 3 is 2.85 bits per heavy atom. The van der Waals surface area contributed by atoms with E-state index in [4.69, 9.17) is 4.79 Å². The minimum Gasteiger partial charge on any atom is -0.372 e. The number of carbonyl (C=O) groups excluding carboxylic acids is 2. The number of benzene rings is 1. The molecular formula is C13H13N3O3S. The topological polar surface area (TPSA) is 86.9 Å². The number of urea groups is 1. The molecule has 0 unspecified atom stereocenters. The summed E-state index contributed by atoms with van der Waals surface area (Å²) in [5.74, 6) is 0. The van der Waals surface area contributed by atoms with Gasteiger partial charge in [-0.15, -0.1) is 11.3 Å². The van der Waals surface area contributed by atoms with Crippen LogP contribution in [0.2, 0.25) is 0 Å². The van der Waals surface area contributed by atoms with Crippen molar-refractivity contribution in [2.75, 3.05) is 6.54 Å². The van der Waals surface area contributed by atoms with Crippen LogP contribution in [0.25, 0.3) is 10.1 Å². The molecule has 0 spiro atoms. The smallest absolute Gasteiger partial charge is 0.344 e. The second-order valence-corrected chi connectivity index (χ2v) is 5.68. The minimum atomic E-state index is -0.275. The molecule has 3 N–H and O–H groups in total. The lowest BCUT2D eigenvalue weighted by Crippen LogP contribution is -2.28. The lowest BCUT2D eigenvalue weighted by Gasteiger charge is -2.20. The summed E-state index contributed by atoms with van der Waals surface area (Å²) < 4.78 is 1.23. The first-order valence-corrected chi connectivity index (χ1v) is 6.91. The van der Waals surface area contributed by atoms with Crippen molar-refractivity contribution in [1.82, 2.24) is 9.96 Å². The molecule has 2 aromatic rings. The molecule has 2 aliphatic heterocycles. The van der Waals surface area contributed by atoms with Gasteiger partial charge in [0.15, 0.2) is 0 Å². The van der Waals surface area contributed by atoms with Crippen LogP contribution in [-0.2, 0) is 11.3 Å². The van der Waals surface area contributed by atoms with E-state index in [0.717, 1.165) is 9.94 Å². The zero-order valence-electron chi connectivity index (χ0n) is 10.5. The normalized spacial score (nSPS) is 19.6. The summed E-state index contributed by atoms with van der Waals surface area (Å²) in [4.78, 5) is 23.1. The molecule has 3 amide bonds. The molecule has 1 atom stereocenters. The van der Waals surface area contributed by atoms with Crippen LogP contribution in [-0.4, -0.2) is 34.2 Å². The van der Waals surface area contributed by atoms with Crippen molar-refractivity contribution < 1.29 is 14.8 Å². The summed E-state index contributed by atoms with van der Waals surface area (Å²) in [6, 6.07) is 7.75. The number of nitrogens with two attached hydrogens (primary N) is 1. The van der Waals surface area contributed by atoms with Gasteiger partial charge in [-0.25, -0.2) is 4.79 Å². The number of hydrogen-bond acceptors (Lipinski definition) is 4. The zero-order chi connectivity index (χ0) is 14.3. The molecule has 2 aliphatic rings. The molecule has 0 aliphatic carbocycles. The van der Waals surface area contributed by atoms with Crippen molar-refractivity contribution >= 4 is 33.9 Å². The van der Waals surface area contributed by atoms with Crippen molar-refractivity contribution in [3.05, 3.63) is 34.7 Å². The van der Waals surface area contributed by atoms with Gasteiger partial charge in [0, 0.05) is 16.1 Å². The molecule has 0 radical (unpaired) electrons. The largest absolute Gasteiger partial charge is 0.372 e. The molecule has 104 valence electrons. The first kappa shape index (κ1) is 12.9. The second kappa shape index (κ2) is 4.77. The Balaban J connectivity index is 0.000000373. The molecule has 1 saturated heterocycles. The van der Waals surface area contributed by atoms with Crippen molar-refractivity contribution in [3.8, 4) is 0 Å². The molecular weight excluding hydrogens is 278 g/mol. The Morgan fingerprint density at radius 1 is 1.40 bits per heavy atom. The fourth-order valence-electron chi connectivity index (χ4n) is 2.71. The van der Waals surface area contributed by atoms with Crippen molar-refractivity contribution in [1.29, 1.82) is 0 Å². The first-order valence-electron chi connectivity index (χ1n) is 6.10. The molecule has 3 heterocycles. The monoisotopic (exact) mass is 291 g/mol. The third-order valence-electron chi connectivity index (χ3n) is 3.54. The third kappa shape index (κ3) is 1.75. The zero-order valence-corrected chi connectivity index (χ0v) is 11.3. The lowest BCUT2D eigenvalue weighted by molar-refractivity contribution is -0.106. The highest BCUT2D eigenvalue weighted by molar-refractivity contribution is 7.19. The van der Waals surface area contributed by atoms with E-state index in [1.807, 2.05) is 12.1 Å². The maximum absolute atomic E-state index is 11.7. The van der Waals surface area contributed by atoms with Crippen LogP contribution in [0.5, 0.6) is 0 Å². The lowest BCUT2D eigenvalue weighted by atomic mass is 10.0. The summed E-state index contributed by atoms with van der Waals surface area (Å²) in [6.45, 7) is 1.22. The quantitative estimate of drug-likeness (QED) is 0.572. The number of amides is 3. The number of fused-ring (bicyclic) bond motifs is 6. The van der Waals surface area contributed by atoms with Crippen LogP contribution in [0.15, 0.2) is 24.3 Å². The van der Waals surface area contributed by atoms with E-state index in [1.165, 1.54) is 15.6 Å². The van der Waals surface area contributed by atoms with E-state index in [1.54, 1.807) is 16.2 Å². The van der Waals surface area contributed by atoms with Crippen molar-refractivity contribution in [2.45, 2.75) is 12.6 Å². The summed E-state index contributed by atoms with van der Waals surface area (Å²) in [7, 11) is 0. The maximum Gasteiger partial charge on any atom is 0.344 e. The van der Waals surface area contributed by atoms with Crippen molar-refractivity contribution in [2.24, 2.45) is 5.73 Å². The Morgan fingerprint density at radius 2 is 2.10 bits per heavy atom. The van der Waals surface area contributed by atoms with Gasteiger partial charge >= 0.3 is 6.03 Å². The Bertz CT molecular complexity index is 685. The highest BCUT2D eigenvalue weighted by Gasteiger charge is 2.44. The summed E-state index contributed by atoms with van der Waals surface area (Å²) >= 11 is 1.68. The van der Waals surface area contributed by atoms with E-state index in [0.29, 0.717) is 13.1 Å². The van der Waals surface area contributed by atoms with E-state index in [9.17, 15) is 10.0 Å². The van der Waals surface area contributed by atoms with Crippen LogP contribution in [0.4, 0.5) is 4.79 Å². The predicted octanol–water partition coefficient (Wildman–Crippen LogP) is 1.68. The highest BCUT2D eigenvalue weighted by atomic mass is 32.1. The first-order chi connectivity index (χ1) is 9.67. The van der Waals surface area contributed by atoms with Gasteiger partial charge < -0.3 is 10.6 Å². The van der Waals surface area contributed by atoms with Crippen LogP contribution in [0.3, 0.4) is 0 Å². The SMILES string of the molecule is NC=O.O=C1N2Cc3c(sc4ccccc34)[C@H](C2)N1O. The van der Waals surface area contributed by atoms with Crippen molar-refractivity contribution in [3.63, 3.8) is 0 Å². The maximum atomic E-state index is 11.7. The number of nitrogens with zero attached hydrogens (tertiary/aromatic N) is 2. The van der Waals surface area contributed by atoms with Gasteiger partial charge in [0.05, 0.1) is 6.54 Å². The molecule has 20 heavy (non-hydrogen) atoms. The molecule has 1 fully saturated rings. The summed E-state index contributed by atoms with van der Waals surface area (Å²) in [5.41, 5.74) is 5.37. The fraction of sp³-hybridized carbons (Fsp3) is 0.231. The Labute approximate surface area is 119 Å². The van der Waals surface area contributed by atoms with Crippen LogP contribution in [0, 0.1) is 0 Å². The van der Waals surface area contributed by atoms with E-state index in [-0.39, 0.29) is 18.5 Å². The molecule has 0 saturated carbocycles. The number of hydroxylamine groups is 2. The average Bonchev–Trinajstić information content (AvgIpc) is 2.93. The van der Waals surface area contributed by atoms with E-state index >= 15 is 0 Å². The molecule has 1 aromatic heterocycles. The van der Waals surface area contributed by atoms with Gasteiger partial charge in [-0.1, -0.05) is 18.2 Å². The highest BCUT2D eigenvalue weighted by Crippen LogP contribution is 2.44. The van der Waals surface area contributed by atoms with Crippen LogP contribution < -0.4 is 5.73 Å². The number of primary amides is 1. The van der Waals surface area contributed by atoms with E-state index in [2.05, 4.69) is 17.9 Å². The molecule has 7 heteroatoms. The fourth-order valence-corrected chi connectivity index (χ4v) is 4.00. The van der Waals surface area contributed by atoms with E-state index < -0.39 is 0 Å². The molecule has 6 nitrogen and oxygen atoms in total. The van der Waals surface area contributed by atoms with Gasteiger partial charge in [-0.2, -0.15) is 5.06 Å². The third-order valence-corrected chi connectivity index (χ3v) is 4.85. The van der Waals surface area contributed by atoms with Gasteiger partial charge in [0.25, 0.3) is 0 Å². The Kier molecular flexibility index (Phi) is 3.07. The second-order valence-electron chi connectivity index (χ2n) is 4.60. The number of thiophene rings is 1. The average molecular weight is 291 g/mol.